The molecule has 0 radical (unpaired) electrons. The fourth-order valence-corrected chi connectivity index (χ4v) is 10.2. The third-order valence-corrected chi connectivity index (χ3v) is 12.4. The first-order chi connectivity index (χ1) is 16.3. The molecule has 180 valence electrons. The Balaban J connectivity index is 1.49. The molecule has 2 aromatic carbocycles. The Morgan fingerprint density at radius 1 is 1.15 bits per heavy atom. The van der Waals surface area contributed by atoms with Crippen LogP contribution >= 0.6 is 10.0 Å². The number of esters is 1. The monoisotopic (exact) mass is 482 g/mol. The van der Waals surface area contributed by atoms with E-state index < -0.39 is 38.2 Å². The molecule has 0 aromatic heterocycles. The van der Waals surface area contributed by atoms with E-state index in [-0.39, 0.29) is 30.0 Å². The summed E-state index contributed by atoms with van der Waals surface area (Å²) in [5, 5.41) is 13.6. The van der Waals surface area contributed by atoms with Crippen molar-refractivity contribution < 1.29 is 24.2 Å². The number of rotatable bonds is 5. The first-order valence-corrected chi connectivity index (χ1v) is 13.5. The number of carbonyl (C=O) groups is 3. The van der Waals surface area contributed by atoms with Gasteiger partial charge >= 0.3 is 5.97 Å². The lowest BCUT2D eigenvalue weighted by Gasteiger charge is -2.51. The number of ether oxygens (including phenoxy) is 1. The summed E-state index contributed by atoms with van der Waals surface area (Å²) in [6, 6.07) is 15.7. The zero-order valence-electron chi connectivity index (χ0n) is 19.4. The van der Waals surface area contributed by atoms with Crippen molar-refractivity contribution in [1.82, 2.24) is 10.2 Å². The van der Waals surface area contributed by atoms with E-state index in [1.54, 1.807) is 0 Å². The summed E-state index contributed by atoms with van der Waals surface area (Å²) in [6.45, 7) is 4.42. The van der Waals surface area contributed by atoms with Crippen LogP contribution in [0, 0.1) is 0 Å². The molecule has 34 heavy (non-hydrogen) atoms. The summed E-state index contributed by atoms with van der Waals surface area (Å²) in [6.07, 6.45) is 0.995. The molecule has 0 bridgehead atoms. The van der Waals surface area contributed by atoms with Gasteiger partial charge in [-0.2, -0.15) is 0 Å². The number of nitrogens with zero attached hydrogens (tertiary/aromatic N) is 1. The maximum absolute atomic E-state index is 14.3. The molecule has 1 amide bonds. The van der Waals surface area contributed by atoms with Crippen molar-refractivity contribution in [2.45, 2.75) is 55.5 Å². The number of carbonyl (C=O) groups excluding carboxylic acids is 3. The minimum atomic E-state index is -2.49. The maximum atomic E-state index is 14.3. The lowest BCUT2D eigenvalue weighted by atomic mass is 9.95. The zero-order chi connectivity index (χ0) is 24.1. The quantitative estimate of drug-likeness (QED) is 0.503. The van der Waals surface area contributed by atoms with Crippen molar-refractivity contribution in [2.75, 3.05) is 12.5 Å². The third-order valence-electron chi connectivity index (χ3n) is 7.64. The molecule has 4 atom stereocenters. The summed E-state index contributed by atoms with van der Waals surface area (Å²) in [4.78, 5) is 41.9. The number of hydrogen-bond donors (Lipinski definition) is 2. The highest BCUT2D eigenvalue weighted by molar-refractivity contribution is 8.46. The predicted molar refractivity (Wildman–Crippen MR) is 130 cm³/mol. The SMILES string of the molecule is CC1(C)[C@H](C(=O)OCc2ccccc2)N2C(=O)C[C@H]2[S@@]1(CO)C(=O)C1NCCc2ccccc21. The number of fused-ring (bicyclic) bond motifs is 2. The normalized spacial score (nSPS) is 29.1. The van der Waals surface area contributed by atoms with Crippen LogP contribution in [0.25, 0.3) is 0 Å². The Bertz CT molecular complexity index is 1140. The Kier molecular flexibility index (Phi) is 5.78. The fourth-order valence-electron chi connectivity index (χ4n) is 5.77. The minimum Gasteiger partial charge on any atom is -0.459 e. The van der Waals surface area contributed by atoms with E-state index in [0.717, 1.165) is 23.1 Å². The second kappa shape index (κ2) is 8.52. The van der Waals surface area contributed by atoms with Crippen LogP contribution in [0.15, 0.2) is 54.6 Å². The van der Waals surface area contributed by atoms with Gasteiger partial charge in [0.25, 0.3) is 0 Å². The number of benzene rings is 2. The smallest absolute Gasteiger partial charge is 0.330 e. The molecule has 0 saturated carbocycles. The summed E-state index contributed by atoms with van der Waals surface area (Å²) in [5.41, 5.74) is 2.88. The molecule has 3 aliphatic heterocycles. The first-order valence-electron chi connectivity index (χ1n) is 11.6. The van der Waals surface area contributed by atoms with Gasteiger partial charge in [-0.05, 0) is 37.0 Å². The van der Waals surface area contributed by atoms with E-state index in [1.165, 1.54) is 4.90 Å². The average Bonchev–Trinajstić information content (AvgIpc) is 3.02. The number of aliphatic hydroxyl groups excluding tert-OH is 1. The van der Waals surface area contributed by atoms with Gasteiger partial charge in [-0.3, -0.25) is 9.59 Å². The van der Waals surface area contributed by atoms with Crippen LogP contribution in [-0.4, -0.2) is 55.6 Å². The molecule has 2 saturated heterocycles. The maximum Gasteiger partial charge on any atom is 0.330 e. The van der Waals surface area contributed by atoms with Crippen molar-refractivity contribution in [2.24, 2.45) is 0 Å². The van der Waals surface area contributed by atoms with E-state index in [0.29, 0.717) is 6.54 Å². The van der Waals surface area contributed by atoms with Gasteiger partial charge in [0.05, 0.1) is 17.7 Å². The van der Waals surface area contributed by atoms with Gasteiger partial charge in [-0.25, -0.2) is 4.79 Å². The molecule has 0 spiro atoms. The topological polar surface area (TPSA) is 95.9 Å². The lowest BCUT2D eigenvalue weighted by molar-refractivity contribution is -0.162. The molecule has 2 fully saturated rings. The summed E-state index contributed by atoms with van der Waals surface area (Å²) >= 11 is 0. The predicted octanol–water partition coefficient (Wildman–Crippen LogP) is 2.62. The number of amides is 1. The van der Waals surface area contributed by atoms with Gasteiger partial charge in [-0.15, -0.1) is 10.0 Å². The third kappa shape index (κ3) is 3.23. The van der Waals surface area contributed by atoms with Gasteiger partial charge in [-0.1, -0.05) is 54.6 Å². The standard InChI is InChI=1S/C26H30N2O5S/c1-26(2)23(24(31)33-15-17-8-4-3-5-9-17)28-20(30)14-21(28)34(26,16-29)25(32)22-19-11-7-6-10-18(19)12-13-27-22/h3-11,21-23,27,29H,12-16H2,1-2H3/t21-,22?,23+/m1/s1. The molecule has 8 heteroatoms. The minimum absolute atomic E-state index is 0.0892. The summed E-state index contributed by atoms with van der Waals surface area (Å²) < 4.78 is 4.69. The Morgan fingerprint density at radius 2 is 1.85 bits per heavy atom. The number of β-lactam (4-membered cyclic amide) rings is 1. The van der Waals surface area contributed by atoms with Crippen LogP contribution in [0.1, 0.15) is 43.0 Å². The Morgan fingerprint density at radius 3 is 2.56 bits per heavy atom. The summed E-state index contributed by atoms with van der Waals surface area (Å²) in [7, 11) is -2.49. The molecule has 2 N–H and O–H groups in total. The molecular formula is C26H30N2O5S. The second-order valence-corrected chi connectivity index (χ2v) is 13.5. The molecular weight excluding hydrogens is 452 g/mol. The average molecular weight is 483 g/mol. The van der Waals surface area contributed by atoms with Crippen LogP contribution in [-0.2, 0) is 32.1 Å². The first kappa shape index (κ1) is 23.1. The zero-order valence-corrected chi connectivity index (χ0v) is 20.2. The van der Waals surface area contributed by atoms with Crippen LogP contribution in [0.5, 0.6) is 0 Å². The van der Waals surface area contributed by atoms with E-state index in [4.69, 9.17) is 4.74 Å². The van der Waals surface area contributed by atoms with Crippen LogP contribution in [0.3, 0.4) is 0 Å². The van der Waals surface area contributed by atoms with E-state index in [2.05, 4.69) is 5.32 Å². The van der Waals surface area contributed by atoms with Gasteiger partial charge in [0, 0.05) is 11.3 Å². The number of hydrogen-bond acceptors (Lipinski definition) is 6. The molecule has 5 rings (SSSR count). The van der Waals surface area contributed by atoms with Gasteiger partial charge in [0.15, 0.2) is 5.12 Å². The van der Waals surface area contributed by atoms with E-state index in [9.17, 15) is 19.5 Å². The van der Waals surface area contributed by atoms with Crippen molar-refractivity contribution in [1.29, 1.82) is 0 Å². The second-order valence-electron chi connectivity index (χ2n) is 9.64. The van der Waals surface area contributed by atoms with Gasteiger partial charge in [0.2, 0.25) is 5.91 Å². The van der Waals surface area contributed by atoms with Crippen molar-refractivity contribution in [3.8, 4) is 0 Å². The Labute approximate surface area is 200 Å². The molecule has 7 nitrogen and oxygen atoms in total. The highest BCUT2D eigenvalue weighted by atomic mass is 32.3. The largest absolute Gasteiger partial charge is 0.459 e. The molecule has 1 unspecified atom stereocenters. The van der Waals surface area contributed by atoms with E-state index >= 15 is 0 Å². The number of aliphatic hydroxyl groups is 1. The summed E-state index contributed by atoms with van der Waals surface area (Å²) in [5.74, 6) is -1.07. The van der Waals surface area contributed by atoms with Crippen molar-refractivity contribution in [3.63, 3.8) is 0 Å². The van der Waals surface area contributed by atoms with E-state index in [1.807, 2.05) is 68.4 Å². The van der Waals surface area contributed by atoms with Crippen molar-refractivity contribution >= 4 is 27.0 Å². The lowest BCUT2D eigenvalue weighted by Crippen LogP contribution is -2.57. The molecule has 0 aliphatic carbocycles. The molecule has 3 aliphatic rings. The highest BCUT2D eigenvalue weighted by Gasteiger charge is 2.72. The van der Waals surface area contributed by atoms with Crippen LogP contribution < -0.4 is 5.32 Å². The van der Waals surface area contributed by atoms with Crippen LogP contribution in [0.4, 0.5) is 0 Å². The Hall–Kier alpha value is -2.68. The van der Waals surface area contributed by atoms with Crippen LogP contribution in [0.2, 0.25) is 0 Å². The fraction of sp³-hybridized carbons (Fsp3) is 0.423. The number of nitrogens with one attached hydrogen (secondary N) is 1. The van der Waals surface area contributed by atoms with Gasteiger partial charge in [0.1, 0.15) is 18.7 Å². The molecule has 2 aromatic rings. The highest BCUT2D eigenvalue weighted by Crippen LogP contribution is 2.74. The van der Waals surface area contributed by atoms with Crippen molar-refractivity contribution in [3.05, 3.63) is 71.3 Å². The molecule has 3 heterocycles. The van der Waals surface area contributed by atoms with Gasteiger partial charge < -0.3 is 20.1 Å².